The lowest BCUT2D eigenvalue weighted by Gasteiger charge is -2.15. The van der Waals surface area contributed by atoms with Crippen LogP contribution < -0.4 is 19.9 Å². The summed E-state index contributed by atoms with van der Waals surface area (Å²) in [5.74, 6) is 1.65. The van der Waals surface area contributed by atoms with E-state index in [1.54, 1.807) is 25.2 Å². The highest BCUT2D eigenvalue weighted by Gasteiger charge is 2.16. The highest BCUT2D eigenvalue weighted by atomic mass is 16.7. The smallest absolute Gasteiger partial charge is 0.415 e. The standard InChI is InChI=1S/C11H14N2O4/c1-13(5-4-12)11(14)17-8-2-3-9-10(6-8)16-7-15-9/h2-3,6H,4-5,7,12H2,1H3. The Balaban J connectivity index is 2.01. The number of benzene rings is 1. The van der Waals surface area contributed by atoms with E-state index in [-0.39, 0.29) is 6.79 Å². The van der Waals surface area contributed by atoms with Crippen LogP contribution in [-0.4, -0.2) is 37.9 Å². The SMILES string of the molecule is CN(CCN)C(=O)Oc1ccc2c(c1)OCO2. The Morgan fingerprint density at radius 1 is 1.47 bits per heavy atom. The summed E-state index contributed by atoms with van der Waals surface area (Å²) in [6.45, 7) is 1.04. The van der Waals surface area contributed by atoms with Crippen molar-refractivity contribution in [2.45, 2.75) is 0 Å². The van der Waals surface area contributed by atoms with Gasteiger partial charge in [0.25, 0.3) is 0 Å². The first-order valence-corrected chi connectivity index (χ1v) is 5.23. The number of rotatable bonds is 3. The first kappa shape index (κ1) is 11.5. The number of likely N-dealkylation sites (N-methyl/N-ethyl adjacent to an activating group) is 1. The van der Waals surface area contributed by atoms with Gasteiger partial charge in [0.05, 0.1) is 0 Å². The second-order valence-corrected chi connectivity index (χ2v) is 3.59. The molecule has 2 rings (SSSR count). The Morgan fingerprint density at radius 2 is 2.24 bits per heavy atom. The molecule has 0 radical (unpaired) electrons. The fourth-order valence-corrected chi connectivity index (χ4v) is 1.40. The Hall–Kier alpha value is -1.95. The molecule has 6 nitrogen and oxygen atoms in total. The zero-order chi connectivity index (χ0) is 12.3. The second kappa shape index (κ2) is 4.92. The van der Waals surface area contributed by atoms with Crippen molar-refractivity contribution in [3.05, 3.63) is 18.2 Å². The average Bonchev–Trinajstić information content (AvgIpc) is 2.76. The van der Waals surface area contributed by atoms with E-state index in [1.807, 2.05) is 0 Å². The molecular weight excluding hydrogens is 224 g/mol. The molecule has 1 aromatic carbocycles. The molecular formula is C11H14N2O4. The largest absolute Gasteiger partial charge is 0.454 e. The average molecular weight is 238 g/mol. The normalized spacial score (nSPS) is 12.4. The van der Waals surface area contributed by atoms with Gasteiger partial charge in [-0.3, -0.25) is 0 Å². The van der Waals surface area contributed by atoms with Crippen molar-refractivity contribution < 1.29 is 19.0 Å². The molecule has 6 heteroatoms. The molecule has 2 N–H and O–H groups in total. The summed E-state index contributed by atoms with van der Waals surface area (Å²) < 4.78 is 15.5. The van der Waals surface area contributed by atoms with E-state index < -0.39 is 6.09 Å². The maximum absolute atomic E-state index is 11.6. The summed E-state index contributed by atoms with van der Waals surface area (Å²) in [5.41, 5.74) is 5.35. The molecule has 1 aromatic rings. The van der Waals surface area contributed by atoms with Crippen molar-refractivity contribution in [3.8, 4) is 17.2 Å². The van der Waals surface area contributed by atoms with Gasteiger partial charge in [0.1, 0.15) is 5.75 Å². The summed E-state index contributed by atoms with van der Waals surface area (Å²) in [4.78, 5) is 13.0. The van der Waals surface area contributed by atoms with Gasteiger partial charge in [0.15, 0.2) is 11.5 Å². The Morgan fingerprint density at radius 3 is 3.00 bits per heavy atom. The maximum atomic E-state index is 11.6. The van der Waals surface area contributed by atoms with E-state index in [0.717, 1.165) is 0 Å². The van der Waals surface area contributed by atoms with Crippen LogP contribution in [0.1, 0.15) is 0 Å². The Kier molecular flexibility index (Phi) is 3.34. The van der Waals surface area contributed by atoms with E-state index in [9.17, 15) is 4.79 Å². The molecule has 0 spiro atoms. The molecule has 0 aromatic heterocycles. The predicted octanol–water partition coefficient (Wildman–Crippen LogP) is 0.805. The molecule has 1 heterocycles. The molecule has 92 valence electrons. The van der Waals surface area contributed by atoms with E-state index in [4.69, 9.17) is 19.9 Å². The van der Waals surface area contributed by atoms with Crippen LogP contribution in [0.2, 0.25) is 0 Å². The van der Waals surface area contributed by atoms with Crippen LogP contribution in [0, 0.1) is 0 Å². The van der Waals surface area contributed by atoms with Gasteiger partial charge in [-0.25, -0.2) is 4.79 Å². The number of hydrogen-bond acceptors (Lipinski definition) is 5. The van der Waals surface area contributed by atoms with Gasteiger partial charge in [-0.15, -0.1) is 0 Å². The quantitative estimate of drug-likeness (QED) is 0.843. The minimum absolute atomic E-state index is 0.194. The monoisotopic (exact) mass is 238 g/mol. The highest BCUT2D eigenvalue weighted by Crippen LogP contribution is 2.35. The van der Waals surface area contributed by atoms with Crippen molar-refractivity contribution in [1.82, 2.24) is 4.90 Å². The van der Waals surface area contributed by atoms with Crippen molar-refractivity contribution in [3.63, 3.8) is 0 Å². The van der Waals surface area contributed by atoms with Crippen LogP contribution >= 0.6 is 0 Å². The van der Waals surface area contributed by atoms with Gasteiger partial charge >= 0.3 is 6.09 Å². The number of fused-ring (bicyclic) bond motifs is 1. The Labute approximate surface area is 98.9 Å². The topological polar surface area (TPSA) is 74.0 Å². The van der Waals surface area contributed by atoms with Crippen molar-refractivity contribution in [2.24, 2.45) is 5.73 Å². The van der Waals surface area contributed by atoms with Crippen LogP contribution in [0.25, 0.3) is 0 Å². The number of nitrogens with zero attached hydrogens (tertiary/aromatic N) is 1. The molecule has 0 saturated heterocycles. The molecule has 17 heavy (non-hydrogen) atoms. The molecule has 0 saturated carbocycles. The number of hydrogen-bond donors (Lipinski definition) is 1. The lowest BCUT2D eigenvalue weighted by molar-refractivity contribution is 0.164. The van der Waals surface area contributed by atoms with Gasteiger partial charge in [-0.1, -0.05) is 0 Å². The molecule has 0 unspecified atom stereocenters. The van der Waals surface area contributed by atoms with Gasteiger partial charge < -0.3 is 24.8 Å². The minimum Gasteiger partial charge on any atom is -0.454 e. The van der Waals surface area contributed by atoms with Crippen LogP contribution in [0.5, 0.6) is 17.2 Å². The fraction of sp³-hybridized carbons (Fsp3) is 0.364. The molecule has 0 bridgehead atoms. The summed E-state index contributed by atoms with van der Waals surface area (Å²) in [5, 5.41) is 0. The minimum atomic E-state index is -0.450. The number of ether oxygens (including phenoxy) is 3. The maximum Gasteiger partial charge on any atom is 0.415 e. The third kappa shape index (κ3) is 2.59. The van der Waals surface area contributed by atoms with Gasteiger partial charge in [0.2, 0.25) is 6.79 Å². The van der Waals surface area contributed by atoms with Crippen molar-refractivity contribution in [1.29, 1.82) is 0 Å². The first-order valence-electron chi connectivity index (χ1n) is 5.23. The summed E-state index contributed by atoms with van der Waals surface area (Å²) in [7, 11) is 1.63. The Bertz CT molecular complexity index is 422. The molecule has 0 atom stereocenters. The van der Waals surface area contributed by atoms with E-state index >= 15 is 0 Å². The summed E-state index contributed by atoms with van der Waals surface area (Å²) >= 11 is 0. The fourth-order valence-electron chi connectivity index (χ4n) is 1.40. The number of nitrogens with two attached hydrogens (primary N) is 1. The summed E-state index contributed by atoms with van der Waals surface area (Å²) in [6.07, 6.45) is -0.450. The zero-order valence-corrected chi connectivity index (χ0v) is 9.51. The lowest BCUT2D eigenvalue weighted by Crippen LogP contribution is -2.33. The first-order chi connectivity index (χ1) is 8.20. The van der Waals surface area contributed by atoms with Crippen molar-refractivity contribution in [2.75, 3.05) is 26.9 Å². The third-order valence-electron chi connectivity index (χ3n) is 2.33. The van der Waals surface area contributed by atoms with Crippen LogP contribution in [0.3, 0.4) is 0 Å². The number of carbonyl (C=O) groups is 1. The number of amides is 1. The zero-order valence-electron chi connectivity index (χ0n) is 9.51. The number of carbonyl (C=O) groups excluding carboxylic acids is 1. The molecule has 1 amide bonds. The van der Waals surface area contributed by atoms with Gasteiger partial charge in [-0.05, 0) is 12.1 Å². The molecule has 1 aliphatic heterocycles. The lowest BCUT2D eigenvalue weighted by atomic mass is 10.3. The van der Waals surface area contributed by atoms with E-state index in [2.05, 4.69) is 0 Å². The molecule has 0 aliphatic carbocycles. The predicted molar refractivity (Wildman–Crippen MR) is 60.3 cm³/mol. The van der Waals surface area contributed by atoms with E-state index in [0.29, 0.717) is 30.3 Å². The summed E-state index contributed by atoms with van der Waals surface area (Å²) in [6, 6.07) is 4.98. The van der Waals surface area contributed by atoms with Gasteiger partial charge in [0, 0.05) is 26.2 Å². The van der Waals surface area contributed by atoms with Gasteiger partial charge in [-0.2, -0.15) is 0 Å². The van der Waals surface area contributed by atoms with Crippen LogP contribution in [-0.2, 0) is 0 Å². The van der Waals surface area contributed by atoms with Crippen LogP contribution in [0.15, 0.2) is 18.2 Å². The molecule has 1 aliphatic rings. The van der Waals surface area contributed by atoms with Crippen molar-refractivity contribution >= 4 is 6.09 Å². The van der Waals surface area contributed by atoms with E-state index in [1.165, 1.54) is 4.90 Å². The third-order valence-corrected chi connectivity index (χ3v) is 2.33. The molecule has 0 fully saturated rings. The second-order valence-electron chi connectivity index (χ2n) is 3.59. The van der Waals surface area contributed by atoms with Crippen LogP contribution in [0.4, 0.5) is 4.79 Å². The highest BCUT2D eigenvalue weighted by molar-refractivity contribution is 5.70.